The first-order chi connectivity index (χ1) is 14.4. The average molecular weight is 408 g/mol. The van der Waals surface area contributed by atoms with Crippen molar-refractivity contribution >= 4 is 28.5 Å². The summed E-state index contributed by atoms with van der Waals surface area (Å²) in [5.41, 5.74) is 2.40. The molecule has 1 aromatic carbocycles. The molecule has 0 spiro atoms. The number of ether oxygens (including phenoxy) is 2. The van der Waals surface area contributed by atoms with E-state index in [1.165, 1.54) is 0 Å². The van der Waals surface area contributed by atoms with Crippen LogP contribution in [0, 0.1) is 25.2 Å². The summed E-state index contributed by atoms with van der Waals surface area (Å²) < 4.78 is 10.1. The van der Waals surface area contributed by atoms with E-state index in [0.29, 0.717) is 22.3 Å². The first kappa shape index (κ1) is 20.7. The van der Waals surface area contributed by atoms with Crippen molar-refractivity contribution in [3.63, 3.8) is 0 Å². The number of benzene rings is 1. The van der Waals surface area contributed by atoms with Gasteiger partial charge in [0.1, 0.15) is 23.9 Å². The van der Waals surface area contributed by atoms with Crippen LogP contribution in [-0.4, -0.2) is 45.2 Å². The van der Waals surface area contributed by atoms with Crippen LogP contribution in [0.25, 0.3) is 16.6 Å². The van der Waals surface area contributed by atoms with Crippen LogP contribution in [0.1, 0.15) is 44.9 Å². The van der Waals surface area contributed by atoms with Crippen molar-refractivity contribution in [3.8, 4) is 6.07 Å². The number of para-hydroxylation sites is 2. The number of aromatic amines is 2. The molecular weight excluding hydrogens is 388 g/mol. The Labute approximate surface area is 172 Å². The Bertz CT molecular complexity index is 1160. The van der Waals surface area contributed by atoms with Gasteiger partial charge < -0.3 is 24.5 Å². The first-order valence-corrected chi connectivity index (χ1v) is 9.18. The molecule has 3 N–H and O–H groups in total. The van der Waals surface area contributed by atoms with E-state index >= 15 is 0 Å². The lowest BCUT2D eigenvalue weighted by atomic mass is 10.1. The van der Waals surface area contributed by atoms with Gasteiger partial charge in [-0.05, 0) is 38.5 Å². The molecule has 0 aliphatic heterocycles. The van der Waals surface area contributed by atoms with Crippen LogP contribution in [-0.2, 0) is 9.47 Å². The van der Waals surface area contributed by atoms with Crippen molar-refractivity contribution in [1.29, 1.82) is 5.26 Å². The fourth-order valence-corrected chi connectivity index (χ4v) is 3.07. The number of hydrogen-bond acceptors (Lipinski definition) is 7. The topological polar surface area (TPSA) is 141 Å². The Hall–Kier alpha value is -4.06. The molecule has 0 bridgehead atoms. The maximum absolute atomic E-state index is 12.5. The van der Waals surface area contributed by atoms with Gasteiger partial charge in [0.15, 0.2) is 11.6 Å². The van der Waals surface area contributed by atoms with Crippen molar-refractivity contribution < 1.29 is 24.2 Å². The van der Waals surface area contributed by atoms with Crippen LogP contribution in [0.5, 0.6) is 0 Å². The van der Waals surface area contributed by atoms with Gasteiger partial charge in [0.25, 0.3) is 0 Å². The fourth-order valence-electron chi connectivity index (χ4n) is 3.07. The minimum absolute atomic E-state index is 0.0746. The minimum Gasteiger partial charge on any atom is -0.507 e. The Morgan fingerprint density at radius 3 is 2.57 bits per heavy atom. The number of rotatable bonds is 6. The number of H-pyrrole nitrogens is 2. The zero-order valence-electron chi connectivity index (χ0n) is 16.7. The second kappa shape index (κ2) is 8.53. The van der Waals surface area contributed by atoms with E-state index in [1.807, 2.05) is 12.1 Å². The maximum Gasteiger partial charge on any atom is 0.355 e. The van der Waals surface area contributed by atoms with Crippen molar-refractivity contribution in [2.45, 2.75) is 20.8 Å². The van der Waals surface area contributed by atoms with Crippen molar-refractivity contribution in [2.75, 3.05) is 13.2 Å². The number of aryl methyl sites for hydroxylation is 1. The Balaban J connectivity index is 1.80. The van der Waals surface area contributed by atoms with Gasteiger partial charge in [0, 0.05) is 5.69 Å². The third kappa shape index (κ3) is 3.89. The number of hydrogen-bond donors (Lipinski definition) is 3. The number of nitrogens with zero attached hydrogens (tertiary/aromatic N) is 2. The number of nitrogens with one attached hydrogen (secondary N) is 2. The zero-order chi connectivity index (χ0) is 21.8. The van der Waals surface area contributed by atoms with E-state index in [1.54, 1.807) is 39.0 Å². The molecule has 3 rings (SSSR count). The smallest absolute Gasteiger partial charge is 0.355 e. The molecule has 2 aromatic heterocycles. The van der Waals surface area contributed by atoms with Crippen molar-refractivity contribution in [2.24, 2.45) is 0 Å². The standard InChI is InChI=1S/C21H20N4O5/c1-4-29-20(27)17-11(2)18(23-12(17)3)21(28)30-10-16(26)13(9-22)19-24-14-7-5-6-8-15(14)25-19/h5-8,23,26H,4,10H2,1-3H3,(H,24,25). The van der Waals surface area contributed by atoms with Gasteiger partial charge in [-0.2, -0.15) is 5.26 Å². The van der Waals surface area contributed by atoms with Crippen LogP contribution in [0.4, 0.5) is 0 Å². The number of nitriles is 1. The molecule has 0 saturated heterocycles. The maximum atomic E-state index is 12.5. The van der Waals surface area contributed by atoms with E-state index in [9.17, 15) is 20.0 Å². The van der Waals surface area contributed by atoms with Crippen molar-refractivity contribution in [3.05, 3.63) is 58.4 Å². The number of carbonyl (C=O) groups is 2. The van der Waals surface area contributed by atoms with Crippen LogP contribution in [0.15, 0.2) is 30.0 Å². The summed E-state index contributed by atoms with van der Waals surface area (Å²) in [7, 11) is 0. The quantitative estimate of drug-likeness (QED) is 0.323. The Kier molecular flexibility index (Phi) is 5.88. The lowest BCUT2D eigenvalue weighted by Gasteiger charge is -2.06. The molecule has 0 atom stereocenters. The monoisotopic (exact) mass is 408 g/mol. The van der Waals surface area contributed by atoms with Gasteiger partial charge >= 0.3 is 11.9 Å². The number of aliphatic hydroxyl groups excluding tert-OH is 1. The normalized spacial score (nSPS) is 11.7. The summed E-state index contributed by atoms with van der Waals surface area (Å²) in [6.07, 6.45) is 0. The molecule has 2 heterocycles. The molecule has 0 unspecified atom stereocenters. The number of imidazole rings is 1. The highest BCUT2D eigenvalue weighted by Crippen LogP contribution is 2.21. The number of carbonyl (C=O) groups excluding carboxylic acids is 2. The highest BCUT2D eigenvalue weighted by atomic mass is 16.5. The fraction of sp³-hybridized carbons (Fsp3) is 0.238. The second-order valence-electron chi connectivity index (χ2n) is 6.46. The number of aromatic nitrogens is 3. The third-order valence-corrected chi connectivity index (χ3v) is 4.49. The number of esters is 2. The van der Waals surface area contributed by atoms with Gasteiger partial charge in [-0.3, -0.25) is 0 Å². The molecule has 0 aliphatic carbocycles. The van der Waals surface area contributed by atoms with Gasteiger partial charge in [-0.1, -0.05) is 12.1 Å². The summed E-state index contributed by atoms with van der Waals surface area (Å²) in [5.74, 6) is -1.60. The largest absolute Gasteiger partial charge is 0.507 e. The van der Waals surface area contributed by atoms with Gasteiger partial charge in [0.2, 0.25) is 0 Å². The van der Waals surface area contributed by atoms with Gasteiger partial charge in [-0.25, -0.2) is 14.6 Å². The molecule has 154 valence electrons. The summed E-state index contributed by atoms with van der Waals surface area (Å²) in [6.45, 7) is 4.60. The second-order valence-corrected chi connectivity index (χ2v) is 6.46. The van der Waals surface area contributed by atoms with E-state index < -0.39 is 24.3 Å². The highest BCUT2D eigenvalue weighted by molar-refractivity contribution is 5.98. The number of fused-ring (bicyclic) bond motifs is 1. The van der Waals surface area contributed by atoms with Crippen LogP contribution < -0.4 is 0 Å². The van der Waals surface area contributed by atoms with Crippen LogP contribution in [0.2, 0.25) is 0 Å². The molecule has 9 nitrogen and oxygen atoms in total. The first-order valence-electron chi connectivity index (χ1n) is 9.18. The van der Waals surface area contributed by atoms with Crippen molar-refractivity contribution in [1.82, 2.24) is 15.0 Å². The number of aliphatic hydroxyl groups is 1. The number of allylic oxidation sites excluding steroid dienone is 1. The minimum atomic E-state index is -0.778. The summed E-state index contributed by atoms with van der Waals surface area (Å²) >= 11 is 0. The van der Waals surface area contributed by atoms with Gasteiger partial charge in [0.05, 0.1) is 23.2 Å². The van der Waals surface area contributed by atoms with Crippen LogP contribution >= 0.6 is 0 Å². The molecule has 0 saturated carbocycles. The van der Waals surface area contributed by atoms with Gasteiger partial charge in [-0.15, -0.1) is 0 Å². The summed E-state index contributed by atoms with van der Waals surface area (Å²) in [6, 6.07) is 9.04. The molecular formula is C21H20N4O5. The predicted molar refractivity (Wildman–Crippen MR) is 108 cm³/mol. The molecule has 0 fully saturated rings. The summed E-state index contributed by atoms with van der Waals surface area (Å²) in [5, 5.41) is 19.7. The Morgan fingerprint density at radius 1 is 1.17 bits per heavy atom. The highest BCUT2D eigenvalue weighted by Gasteiger charge is 2.24. The average Bonchev–Trinajstić information content (AvgIpc) is 3.27. The molecule has 0 amide bonds. The summed E-state index contributed by atoms with van der Waals surface area (Å²) in [4.78, 5) is 34.5. The zero-order valence-corrected chi connectivity index (χ0v) is 16.7. The van der Waals surface area contributed by atoms with E-state index in [-0.39, 0.29) is 29.3 Å². The van der Waals surface area contributed by atoms with E-state index in [0.717, 1.165) is 0 Å². The predicted octanol–water partition coefficient (Wildman–Crippen LogP) is 3.33. The Morgan fingerprint density at radius 2 is 1.90 bits per heavy atom. The molecule has 0 aliphatic rings. The third-order valence-electron chi connectivity index (χ3n) is 4.49. The molecule has 3 aromatic rings. The SMILES string of the molecule is CCOC(=O)c1c(C)[nH]c(C(=O)OCC(O)=C(C#N)c2nc3ccccc3[nH]2)c1C. The molecule has 9 heteroatoms. The van der Waals surface area contributed by atoms with Crippen LogP contribution in [0.3, 0.4) is 0 Å². The van der Waals surface area contributed by atoms with E-state index in [2.05, 4.69) is 15.0 Å². The van der Waals surface area contributed by atoms with E-state index in [4.69, 9.17) is 9.47 Å². The lowest BCUT2D eigenvalue weighted by molar-refractivity contribution is 0.0495. The molecule has 0 radical (unpaired) electrons. The molecule has 30 heavy (non-hydrogen) atoms. The lowest BCUT2D eigenvalue weighted by Crippen LogP contribution is -2.11.